The molecule has 0 radical (unpaired) electrons. The summed E-state index contributed by atoms with van der Waals surface area (Å²) in [5.74, 6) is 0.558. The van der Waals surface area contributed by atoms with Gasteiger partial charge in [0.2, 0.25) is 5.91 Å². The Morgan fingerprint density at radius 3 is 2.94 bits per heavy atom. The van der Waals surface area contributed by atoms with Crippen molar-refractivity contribution in [1.29, 1.82) is 0 Å². The molecule has 0 spiro atoms. The first-order valence-corrected chi connectivity index (χ1v) is 6.05. The third kappa shape index (κ3) is 4.67. The van der Waals surface area contributed by atoms with Crippen molar-refractivity contribution in [2.75, 3.05) is 5.75 Å². The summed E-state index contributed by atoms with van der Waals surface area (Å²) >= 11 is 1.70. The molecule has 6 heteroatoms. The summed E-state index contributed by atoms with van der Waals surface area (Å²) in [6.45, 7) is 4.84. The van der Waals surface area contributed by atoms with Crippen LogP contribution in [0, 0.1) is 0 Å². The van der Waals surface area contributed by atoms with Crippen LogP contribution in [0.3, 0.4) is 0 Å². The van der Waals surface area contributed by atoms with Gasteiger partial charge in [0.05, 0.1) is 6.33 Å². The zero-order chi connectivity index (χ0) is 12.0. The summed E-state index contributed by atoms with van der Waals surface area (Å²) < 4.78 is 1.82. The molecule has 0 aliphatic heterocycles. The number of amides is 1. The van der Waals surface area contributed by atoms with Crippen molar-refractivity contribution >= 4 is 17.7 Å². The Kier molecular flexibility index (Phi) is 4.82. The van der Waals surface area contributed by atoms with E-state index in [0.717, 1.165) is 12.3 Å². The number of nitrogens with zero attached hydrogens (tertiary/aromatic N) is 2. The van der Waals surface area contributed by atoms with Gasteiger partial charge in [-0.3, -0.25) is 10.0 Å². The van der Waals surface area contributed by atoms with Gasteiger partial charge in [-0.2, -0.15) is 11.8 Å². The largest absolute Gasteiger partial charge is 0.337 e. The van der Waals surface area contributed by atoms with Crippen molar-refractivity contribution in [3.8, 4) is 0 Å². The van der Waals surface area contributed by atoms with Gasteiger partial charge in [0.15, 0.2) is 0 Å². The Labute approximate surface area is 99.2 Å². The van der Waals surface area contributed by atoms with Crippen molar-refractivity contribution in [1.82, 2.24) is 15.0 Å². The maximum Gasteiger partial charge on any atom is 0.244 e. The van der Waals surface area contributed by atoms with Crippen LogP contribution < -0.4 is 5.48 Å². The number of imidazole rings is 1. The summed E-state index contributed by atoms with van der Waals surface area (Å²) in [6, 6.07) is 0. The lowest BCUT2D eigenvalue weighted by molar-refractivity contribution is -0.129. The molecular weight excluding hydrogens is 226 g/mol. The molecule has 1 aromatic heterocycles. The second-order valence-electron chi connectivity index (χ2n) is 4.12. The maximum atomic E-state index is 11.0. The lowest BCUT2D eigenvalue weighted by atomic mass is 10.1. The number of hydrogen-bond acceptors (Lipinski definition) is 4. The highest BCUT2D eigenvalue weighted by Gasteiger charge is 2.21. The highest BCUT2D eigenvalue weighted by Crippen LogP contribution is 2.27. The summed E-state index contributed by atoms with van der Waals surface area (Å²) in [5, 5.41) is 8.45. The first kappa shape index (κ1) is 13.1. The molecule has 0 aromatic carbocycles. The average molecular weight is 243 g/mol. The maximum absolute atomic E-state index is 11.0. The molecule has 0 fully saturated rings. The Morgan fingerprint density at radius 2 is 2.38 bits per heavy atom. The fourth-order valence-electron chi connectivity index (χ4n) is 1.32. The third-order valence-corrected chi connectivity index (χ3v) is 3.42. The molecule has 1 amide bonds. The van der Waals surface area contributed by atoms with Crippen LogP contribution in [-0.4, -0.2) is 31.2 Å². The second kappa shape index (κ2) is 5.91. The number of rotatable bonds is 6. The van der Waals surface area contributed by atoms with E-state index < -0.39 is 0 Å². The minimum absolute atomic E-state index is 0.173. The molecule has 0 aliphatic rings. The quantitative estimate of drug-likeness (QED) is 0.583. The van der Waals surface area contributed by atoms with E-state index in [2.05, 4.69) is 4.98 Å². The Bertz CT molecular complexity index is 325. The Hall–Kier alpha value is -1.01. The van der Waals surface area contributed by atoms with Gasteiger partial charge in [-0.1, -0.05) is 13.8 Å². The first-order valence-electron chi connectivity index (χ1n) is 5.06. The van der Waals surface area contributed by atoms with Crippen LogP contribution in [0.4, 0.5) is 0 Å². The number of aryl methyl sites for hydroxylation is 1. The molecule has 1 rings (SSSR count). The first-order chi connectivity index (χ1) is 7.53. The number of hydrogen-bond donors (Lipinski definition) is 2. The minimum Gasteiger partial charge on any atom is -0.337 e. The highest BCUT2D eigenvalue weighted by atomic mass is 32.2. The van der Waals surface area contributed by atoms with E-state index in [9.17, 15) is 4.79 Å². The molecule has 1 heterocycles. The van der Waals surface area contributed by atoms with E-state index >= 15 is 0 Å². The van der Waals surface area contributed by atoms with Crippen molar-refractivity contribution in [3.05, 3.63) is 18.7 Å². The van der Waals surface area contributed by atoms with Gasteiger partial charge in [0, 0.05) is 35.9 Å². The van der Waals surface area contributed by atoms with E-state index in [0.29, 0.717) is 6.42 Å². The summed E-state index contributed by atoms with van der Waals surface area (Å²) in [7, 11) is 0. The molecule has 5 nitrogen and oxygen atoms in total. The molecule has 0 saturated carbocycles. The average Bonchev–Trinajstić information content (AvgIpc) is 2.69. The second-order valence-corrected chi connectivity index (χ2v) is 5.92. The smallest absolute Gasteiger partial charge is 0.244 e. The van der Waals surface area contributed by atoms with Crippen LogP contribution in [0.15, 0.2) is 18.7 Å². The number of aromatic nitrogens is 2. The van der Waals surface area contributed by atoms with Gasteiger partial charge in [-0.05, 0) is 0 Å². The molecular formula is C10H17N3O2S. The van der Waals surface area contributed by atoms with Crippen LogP contribution in [0.5, 0.6) is 0 Å². The van der Waals surface area contributed by atoms with Crippen molar-refractivity contribution in [2.45, 2.75) is 31.6 Å². The van der Waals surface area contributed by atoms with Gasteiger partial charge >= 0.3 is 0 Å². The van der Waals surface area contributed by atoms with Gasteiger partial charge < -0.3 is 4.57 Å². The minimum atomic E-state index is -0.347. The lowest BCUT2D eigenvalue weighted by Crippen LogP contribution is -2.28. The molecule has 0 saturated heterocycles. The predicted octanol–water partition coefficient (Wildman–Crippen LogP) is 1.29. The molecule has 1 aromatic rings. The molecule has 0 aliphatic carbocycles. The monoisotopic (exact) mass is 243 g/mol. The van der Waals surface area contributed by atoms with Crippen LogP contribution in [0.1, 0.15) is 20.3 Å². The zero-order valence-corrected chi connectivity index (χ0v) is 10.3. The van der Waals surface area contributed by atoms with Crippen LogP contribution in [0.2, 0.25) is 0 Å². The standard InChI is InChI=1S/C10H17N3O2S/c1-10(2,7-9(14)12-15)16-6-5-13-4-3-11-8-13/h3-4,8,15H,5-7H2,1-2H3,(H,12,14). The number of thioether (sulfide) groups is 1. The van der Waals surface area contributed by atoms with E-state index in [1.165, 1.54) is 0 Å². The zero-order valence-electron chi connectivity index (χ0n) is 9.51. The van der Waals surface area contributed by atoms with Gasteiger partial charge in [0.1, 0.15) is 0 Å². The number of carbonyl (C=O) groups excluding carboxylic acids is 1. The van der Waals surface area contributed by atoms with Gasteiger partial charge in [0.25, 0.3) is 0 Å². The summed E-state index contributed by atoms with van der Waals surface area (Å²) in [6.07, 6.45) is 5.73. The fraction of sp³-hybridized carbons (Fsp3) is 0.600. The van der Waals surface area contributed by atoms with E-state index in [1.807, 2.05) is 24.6 Å². The van der Waals surface area contributed by atoms with Crippen molar-refractivity contribution < 1.29 is 10.0 Å². The predicted molar refractivity (Wildman–Crippen MR) is 63.3 cm³/mol. The van der Waals surface area contributed by atoms with Crippen LogP contribution >= 0.6 is 11.8 Å². The third-order valence-electron chi connectivity index (χ3n) is 2.11. The van der Waals surface area contributed by atoms with Crippen LogP contribution in [0.25, 0.3) is 0 Å². The molecule has 0 bridgehead atoms. The Morgan fingerprint density at radius 1 is 1.62 bits per heavy atom. The lowest BCUT2D eigenvalue weighted by Gasteiger charge is -2.22. The number of nitrogens with one attached hydrogen (secondary N) is 1. The van der Waals surface area contributed by atoms with Crippen LogP contribution in [-0.2, 0) is 11.3 Å². The number of carbonyl (C=O) groups is 1. The topological polar surface area (TPSA) is 67.2 Å². The summed E-state index contributed by atoms with van der Waals surface area (Å²) in [5.41, 5.74) is 1.66. The van der Waals surface area contributed by atoms with E-state index in [4.69, 9.17) is 5.21 Å². The van der Waals surface area contributed by atoms with E-state index in [1.54, 1.807) is 29.8 Å². The molecule has 16 heavy (non-hydrogen) atoms. The normalized spacial score (nSPS) is 11.4. The van der Waals surface area contributed by atoms with Gasteiger partial charge in [-0.25, -0.2) is 10.5 Å². The SMILES string of the molecule is CC(C)(CC(=O)NO)SCCn1ccnc1. The van der Waals surface area contributed by atoms with Crippen molar-refractivity contribution in [2.24, 2.45) is 0 Å². The molecule has 0 unspecified atom stereocenters. The number of hydroxylamine groups is 1. The highest BCUT2D eigenvalue weighted by molar-refractivity contribution is 8.00. The van der Waals surface area contributed by atoms with Crippen molar-refractivity contribution in [3.63, 3.8) is 0 Å². The van der Waals surface area contributed by atoms with Gasteiger partial charge in [-0.15, -0.1) is 0 Å². The summed E-state index contributed by atoms with van der Waals surface area (Å²) in [4.78, 5) is 15.0. The Balaban J connectivity index is 2.27. The molecule has 2 N–H and O–H groups in total. The fourth-order valence-corrected chi connectivity index (χ4v) is 2.41. The molecule has 90 valence electrons. The van der Waals surface area contributed by atoms with E-state index in [-0.39, 0.29) is 10.7 Å². The molecule has 0 atom stereocenters.